The predicted octanol–water partition coefficient (Wildman–Crippen LogP) is 4.38. The second-order valence-electron chi connectivity index (χ2n) is 5.02. The van der Waals surface area contributed by atoms with Gasteiger partial charge < -0.3 is 5.32 Å². The van der Waals surface area contributed by atoms with Crippen molar-refractivity contribution in [3.05, 3.63) is 53.4 Å². The van der Waals surface area contributed by atoms with E-state index in [1.165, 1.54) is 5.56 Å². The van der Waals surface area contributed by atoms with Crippen molar-refractivity contribution in [2.75, 3.05) is 6.54 Å². The molecule has 0 aliphatic rings. The van der Waals surface area contributed by atoms with E-state index in [2.05, 4.69) is 43.4 Å². The van der Waals surface area contributed by atoms with E-state index in [0.717, 1.165) is 23.6 Å². The van der Waals surface area contributed by atoms with Gasteiger partial charge in [-0.15, -0.1) is 11.3 Å². The van der Waals surface area contributed by atoms with Crippen LogP contribution in [0.5, 0.6) is 0 Å². The Labute approximate surface area is 134 Å². The van der Waals surface area contributed by atoms with Crippen LogP contribution in [0.15, 0.2) is 52.1 Å². The fraction of sp³-hybridized carbons (Fsp3) is 0.412. The van der Waals surface area contributed by atoms with Gasteiger partial charge in [-0.2, -0.15) is 0 Å². The molecule has 2 rings (SSSR count). The molecule has 1 aromatic heterocycles. The average molecular weight is 322 g/mol. The summed E-state index contributed by atoms with van der Waals surface area (Å²) in [6.07, 6.45) is 1.96. The highest BCUT2D eigenvalue weighted by atomic mass is 32.2. The van der Waals surface area contributed by atoms with E-state index in [4.69, 9.17) is 0 Å². The molecule has 0 aliphatic carbocycles. The maximum Gasteiger partial charge on any atom is 0.0914 e. The van der Waals surface area contributed by atoms with Gasteiger partial charge in [0, 0.05) is 6.04 Å². The fourth-order valence-corrected chi connectivity index (χ4v) is 5.14. The summed E-state index contributed by atoms with van der Waals surface area (Å²) in [4.78, 5) is 0. The van der Waals surface area contributed by atoms with Crippen LogP contribution in [0.3, 0.4) is 0 Å². The minimum atomic E-state index is -0.968. The maximum absolute atomic E-state index is 12.9. The molecule has 0 saturated heterocycles. The van der Waals surface area contributed by atoms with Crippen molar-refractivity contribution in [1.82, 2.24) is 5.32 Å². The third kappa shape index (κ3) is 4.25. The topological polar surface area (TPSA) is 29.1 Å². The molecule has 3 atom stereocenters. The molecule has 2 aromatic rings. The zero-order valence-electron chi connectivity index (χ0n) is 12.6. The number of benzene rings is 1. The lowest BCUT2D eigenvalue weighted by Crippen LogP contribution is -2.35. The molecule has 0 saturated carbocycles. The van der Waals surface area contributed by atoms with E-state index in [9.17, 15) is 4.21 Å². The number of hydrogen-bond donors (Lipinski definition) is 1. The van der Waals surface area contributed by atoms with Crippen LogP contribution in [0.25, 0.3) is 0 Å². The summed E-state index contributed by atoms with van der Waals surface area (Å²) >= 11 is 1.58. The van der Waals surface area contributed by atoms with Gasteiger partial charge in [-0.1, -0.05) is 50.2 Å². The Kier molecular flexibility index (Phi) is 6.61. The Hall–Kier alpha value is -0.970. The summed E-state index contributed by atoms with van der Waals surface area (Å²) in [7, 11) is -0.968. The summed E-state index contributed by atoms with van der Waals surface area (Å²) in [5, 5.41) is 5.68. The monoisotopic (exact) mass is 321 g/mol. The van der Waals surface area contributed by atoms with Crippen molar-refractivity contribution in [1.29, 1.82) is 0 Å². The molecule has 1 N–H and O–H groups in total. The van der Waals surface area contributed by atoms with Crippen molar-refractivity contribution in [2.24, 2.45) is 0 Å². The molecule has 1 aromatic carbocycles. The van der Waals surface area contributed by atoms with E-state index >= 15 is 0 Å². The third-order valence-corrected chi connectivity index (χ3v) is 6.65. The van der Waals surface area contributed by atoms with E-state index in [1.807, 2.05) is 23.6 Å². The third-order valence-electron chi connectivity index (χ3n) is 3.52. The average Bonchev–Trinajstić information content (AvgIpc) is 3.06. The minimum Gasteiger partial charge on any atom is -0.309 e. The molecule has 1 heterocycles. The predicted molar refractivity (Wildman–Crippen MR) is 92.3 cm³/mol. The smallest absolute Gasteiger partial charge is 0.0914 e. The van der Waals surface area contributed by atoms with E-state index < -0.39 is 10.8 Å². The normalized spacial score (nSPS) is 15.5. The first-order valence-electron chi connectivity index (χ1n) is 7.50. The SMILES string of the molecule is CCCNC(c1ccccc1)C(CC)S(=O)c1cccs1. The van der Waals surface area contributed by atoms with Crippen LogP contribution in [0.2, 0.25) is 0 Å². The van der Waals surface area contributed by atoms with E-state index in [1.54, 1.807) is 11.3 Å². The number of nitrogens with one attached hydrogen (secondary N) is 1. The Balaban J connectivity index is 2.26. The molecule has 2 nitrogen and oxygen atoms in total. The summed E-state index contributed by atoms with van der Waals surface area (Å²) in [6.45, 7) is 5.23. The molecule has 3 unspecified atom stereocenters. The zero-order chi connectivity index (χ0) is 15.1. The molecule has 4 heteroatoms. The Morgan fingerprint density at radius 3 is 2.48 bits per heavy atom. The highest BCUT2D eigenvalue weighted by molar-refractivity contribution is 7.88. The van der Waals surface area contributed by atoms with Gasteiger partial charge in [0.25, 0.3) is 0 Å². The molecular weight excluding hydrogens is 298 g/mol. The largest absolute Gasteiger partial charge is 0.309 e. The van der Waals surface area contributed by atoms with Gasteiger partial charge in [-0.25, -0.2) is 0 Å². The van der Waals surface area contributed by atoms with Crippen molar-refractivity contribution < 1.29 is 4.21 Å². The van der Waals surface area contributed by atoms with Crippen molar-refractivity contribution >= 4 is 22.1 Å². The summed E-state index contributed by atoms with van der Waals surface area (Å²) < 4.78 is 13.9. The van der Waals surface area contributed by atoms with Gasteiger partial charge in [0.05, 0.1) is 20.3 Å². The quantitative estimate of drug-likeness (QED) is 0.782. The molecule has 0 amide bonds. The van der Waals surface area contributed by atoms with Gasteiger partial charge in [-0.05, 0) is 36.4 Å². The van der Waals surface area contributed by atoms with Crippen molar-refractivity contribution in [2.45, 2.75) is 42.2 Å². The van der Waals surface area contributed by atoms with E-state index in [-0.39, 0.29) is 11.3 Å². The second kappa shape index (κ2) is 8.47. The first-order valence-corrected chi connectivity index (χ1v) is 9.59. The van der Waals surface area contributed by atoms with Gasteiger partial charge in [0.15, 0.2) is 0 Å². The van der Waals surface area contributed by atoms with Crippen LogP contribution < -0.4 is 5.32 Å². The molecule has 0 bridgehead atoms. The van der Waals surface area contributed by atoms with Crippen LogP contribution in [0.4, 0.5) is 0 Å². The second-order valence-corrected chi connectivity index (χ2v) is 7.86. The molecule has 21 heavy (non-hydrogen) atoms. The summed E-state index contributed by atoms with van der Waals surface area (Å²) in [5.41, 5.74) is 1.22. The van der Waals surface area contributed by atoms with Crippen LogP contribution in [-0.2, 0) is 10.8 Å². The van der Waals surface area contributed by atoms with E-state index in [0.29, 0.717) is 0 Å². The number of rotatable bonds is 8. The first kappa shape index (κ1) is 16.4. The highest BCUT2D eigenvalue weighted by Gasteiger charge is 2.27. The lowest BCUT2D eigenvalue weighted by atomic mass is 10.0. The van der Waals surface area contributed by atoms with Gasteiger partial charge in [-0.3, -0.25) is 4.21 Å². The van der Waals surface area contributed by atoms with Crippen LogP contribution in [-0.4, -0.2) is 16.0 Å². The molecule has 0 spiro atoms. The molecule has 0 aliphatic heterocycles. The van der Waals surface area contributed by atoms with Crippen LogP contribution >= 0.6 is 11.3 Å². The molecule has 0 fully saturated rings. The van der Waals surface area contributed by atoms with Crippen LogP contribution in [0.1, 0.15) is 38.3 Å². The Morgan fingerprint density at radius 2 is 1.90 bits per heavy atom. The Bertz CT molecular complexity index is 539. The maximum atomic E-state index is 12.9. The van der Waals surface area contributed by atoms with Gasteiger partial charge in [0.1, 0.15) is 0 Å². The standard InChI is InChI=1S/C17H23NOS2/c1-3-12-18-17(14-9-6-5-7-10-14)15(4-2)21(19)16-11-8-13-20-16/h5-11,13,15,17-18H,3-4,12H2,1-2H3. The van der Waals surface area contributed by atoms with Gasteiger partial charge >= 0.3 is 0 Å². The summed E-state index contributed by atoms with van der Waals surface area (Å²) in [6, 6.07) is 14.5. The number of hydrogen-bond acceptors (Lipinski definition) is 3. The lowest BCUT2D eigenvalue weighted by molar-refractivity contribution is 0.495. The lowest BCUT2D eigenvalue weighted by Gasteiger charge is -2.27. The fourth-order valence-electron chi connectivity index (χ4n) is 2.46. The van der Waals surface area contributed by atoms with Crippen molar-refractivity contribution in [3.63, 3.8) is 0 Å². The Morgan fingerprint density at radius 1 is 1.14 bits per heavy atom. The summed E-state index contributed by atoms with van der Waals surface area (Å²) in [5.74, 6) is 0. The molecular formula is C17H23NOS2. The van der Waals surface area contributed by atoms with Gasteiger partial charge in [0.2, 0.25) is 0 Å². The molecule has 0 radical (unpaired) electrons. The first-order chi connectivity index (χ1) is 10.3. The molecule has 114 valence electrons. The highest BCUT2D eigenvalue weighted by Crippen LogP contribution is 2.28. The van der Waals surface area contributed by atoms with Crippen LogP contribution in [0, 0.1) is 0 Å². The number of thiophene rings is 1. The zero-order valence-corrected chi connectivity index (χ0v) is 14.3. The van der Waals surface area contributed by atoms with Crippen molar-refractivity contribution in [3.8, 4) is 0 Å². The minimum absolute atomic E-state index is 0.0950.